The van der Waals surface area contributed by atoms with Crippen molar-refractivity contribution in [1.82, 2.24) is 9.55 Å². The molecular formula is C17H23N3OSi. The van der Waals surface area contributed by atoms with E-state index < -0.39 is 8.07 Å². The van der Waals surface area contributed by atoms with E-state index >= 15 is 0 Å². The molecule has 5 heteroatoms. The third kappa shape index (κ3) is 3.23. The van der Waals surface area contributed by atoms with Crippen molar-refractivity contribution < 1.29 is 4.74 Å². The van der Waals surface area contributed by atoms with Gasteiger partial charge in [-0.15, -0.1) is 0 Å². The van der Waals surface area contributed by atoms with Crippen LogP contribution in [-0.4, -0.2) is 24.2 Å². The van der Waals surface area contributed by atoms with Gasteiger partial charge in [-0.3, -0.25) is 0 Å². The lowest BCUT2D eigenvalue weighted by atomic mass is 10.0. The lowest BCUT2D eigenvalue weighted by Gasteiger charge is -2.15. The molecule has 3 rings (SSSR count). The fourth-order valence-corrected chi connectivity index (χ4v) is 3.46. The number of hydrogen-bond donors (Lipinski definition) is 0. The summed E-state index contributed by atoms with van der Waals surface area (Å²) < 4.78 is 7.88. The number of aromatic nitrogens is 2. The molecular weight excluding hydrogens is 290 g/mol. The molecule has 2 aromatic rings. The summed E-state index contributed by atoms with van der Waals surface area (Å²) in [6, 6.07) is 5.54. The van der Waals surface area contributed by atoms with Gasteiger partial charge in [-0.25, -0.2) is 4.98 Å². The van der Waals surface area contributed by atoms with Crippen LogP contribution in [0.4, 0.5) is 0 Å². The van der Waals surface area contributed by atoms with Crippen molar-refractivity contribution in [3.05, 3.63) is 29.6 Å². The molecule has 1 aliphatic rings. The number of nitrogens with zero attached hydrogens (tertiary/aromatic N) is 3. The van der Waals surface area contributed by atoms with Crippen LogP contribution in [0.2, 0.25) is 25.7 Å². The average molecular weight is 313 g/mol. The molecule has 0 aliphatic heterocycles. The van der Waals surface area contributed by atoms with E-state index in [2.05, 4.69) is 36.8 Å². The van der Waals surface area contributed by atoms with Crippen LogP contribution in [0.1, 0.15) is 29.9 Å². The highest BCUT2D eigenvalue weighted by Gasteiger charge is 2.29. The molecule has 1 aliphatic carbocycles. The fraction of sp³-hybridized carbons (Fsp3) is 0.529. The molecule has 0 N–H and O–H groups in total. The van der Waals surface area contributed by atoms with Gasteiger partial charge in [0.15, 0.2) is 0 Å². The summed E-state index contributed by atoms with van der Waals surface area (Å²) in [5, 5.41) is 10.4. The summed E-state index contributed by atoms with van der Waals surface area (Å²) in [6.45, 7) is 8.41. The number of ether oxygens (including phenoxy) is 1. The van der Waals surface area contributed by atoms with Gasteiger partial charge < -0.3 is 9.30 Å². The number of fused-ring (bicyclic) bond motifs is 1. The van der Waals surface area contributed by atoms with E-state index in [1.165, 1.54) is 24.4 Å². The first-order valence-corrected chi connectivity index (χ1v) is 11.7. The maximum Gasteiger partial charge on any atom is 0.142 e. The van der Waals surface area contributed by atoms with Gasteiger partial charge in [-0.2, -0.15) is 5.26 Å². The number of hydrogen-bond acceptors (Lipinski definition) is 3. The monoisotopic (exact) mass is 313 g/mol. The number of nitriles is 1. The van der Waals surface area contributed by atoms with Crippen molar-refractivity contribution in [3.8, 4) is 6.07 Å². The molecule has 1 fully saturated rings. The number of pyridine rings is 1. The second-order valence-corrected chi connectivity index (χ2v) is 13.0. The Morgan fingerprint density at radius 1 is 1.41 bits per heavy atom. The number of rotatable bonds is 6. The molecule has 2 aromatic heterocycles. The highest BCUT2D eigenvalue weighted by Crippen LogP contribution is 2.44. The van der Waals surface area contributed by atoms with Crippen molar-refractivity contribution in [1.29, 1.82) is 5.26 Å². The van der Waals surface area contributed by atoms with Gasteiger partial charge in [0.05, 0.1) is 5.56 Å². The minimum atomic E-state index is -1.05. The maximum atomic E-state index is 9.29. The van der Waals surface area contributed by atoms with Crippen LogP contribution in [0.25, 0.3) is 11.0 Å². The Morgan fingerprint density at radius 3 is 2.82 bits per heavy atom. The molecule has 116 valence electrons. The molecule has 4 nitrogen and oxygen atoms in total. The molecule has 1 saturated carbocycles. The van der Waals surface area contributed by atoms with E-state index in [-0.39, 0.29) is 0 Å². The van der Waals surface area contributed by atoms with Gasteiger partial charge in [0.1, 0.15) is 18.4 Å². The Bertz CT molecular complexity index is 720. The van der Waals surface area contributed by atoms with E-state index in [9.17, 15) is 5.26 Å². The smallest absolute Gasteiger partial charge is 0.142 e. The lowest BCUT2D eigenvalue weighted by Crippen LogP contribution is -2.22. The zero-order valence-corrected chi connectivity index (χ0v) is 14.6. The molecule has 2 heterocycles. The van der Waals surface area contributed by atoms with E-state index in [1.807, 2.05) is 10.8 Å². The molecule has 0 aromatic carbocycles. The summed E-state index contributed by atoms with van der Waals surface area (Å²) in [6.07, 6.45) is 6.12. The van der Waals surface area contributed by atoms with Crippen molar-refractivity contribution in [2.75, 3.05) is 6.61 Å². The largest absolute Gasteiger partial charge is 0.361 e. The molecule has 22 heavy (non-hydrogen) atoms. The van der Waals surface area contributed by atoms with Crippen LogP contribution >= 0.6 is 0 Å². The minimum absolute atomic E-state index is 0.539. The van der Waals surface area contributed by atoms with Gasteiger partial charge in [0.25, 0.3) is 0 Å². The van der Waals surface area contributed by atoms with Crippen LogP contribution in [0.15, 0.2) is 18.5 Å². The Kier molecular flexibility index (Phi) is 4.07. The van der Waals surface area contributed by atoms with Gasteiger partial charge >= 0.3 is 0 Å². The van der Waals surface area contributed by atoms with Crippen LogP contribution in [-0.2, 0) is 11.5 Å². The third-order valence-electron chi connectivity index (χ3n) is 4.16. The quantitative estimate of drug-likeness (QED) is 0.596. The van der Waals surface area contributed by atoms with Gasteiger partial charge in [0, 0.05) is 32.5 Å². The van der Waals surface area contributed by atoms with E-state index in [0.717, 1.165) is 23.2 Å². The summed E-state index contributed by atoms with van der Waals surface area (Å²) in [7, 11) is -1.05. The summed E-state index contributed by atoms with van der Waals surface area (Å²) in [5.41, 5.74) is 2.86. The van der Waals surface area contributed by atoms with Crippen LogP contribution < -0.4 is 0 Å². The Morgan fingerprint density at radius 2 is 2.18 bits per heavy atom. The first kappa shape index (κ1) is 15.3. The van der Waals surface area contributed by atoms with E-state index in [4.69, 9.17) is 4.74 Å². The van der Waals surface area contributed by atoms with Crippen LogP contribution in [0.3, 0.4) is 0 Å². The molecule has 0 atom stereocenters. The predicted molar refractivity (Wildman–Crippen MR) is 90.5 cm³/mol. The van der Waals surface area contributed by atoms with E-state index in [1.54, 1.807) is 6.20 Å². The van der Waals surface area contributed by atoms with Crippen molar-refractivity contribution in [2.24, 2.45) is 0 Å². The first-order valence-electron chi connectivity index (χ1n) is 7.95. The average Bonchev–Trinajstić information content (AvgIpc) is 3.22. The third-order valence-corrected chi connectivity index (χ3v) is 5.87. The highest BCUT2D eigenvalue weighted by atomic mass is 28.3. The molecule has 0 unspecified atom stereocenters. The molecule has 0 saturated heterocycles. The van der Waals surface area contributed by atoms with Gasteiger partial charge in [-0.05, 0) is 36.4 Å². The maximum absolute atomic E-state index is 9.29. The molecule has 0 radical (unpaired) electrons. The second kappa shape index (κ2) is 5.86. The molecule has 0 bridgehead atoms. The van der Waals surface area contributed by atoms with Crippen LogP contribution in [0.5, 0.6) is 0 Å². The van der Waals surface area contributed by atoms with E-state index in [0.29, 0.717) is 12.6 Å². The Balaban J connectivity index is 1.78. The van der Waals surface area contributed by atoms with Gasteiger partial charge in [-0.1, -0.05) is 19.6 Å². The second-order valence-electron chi connectivity index (χ2n) is 7.34. The first-order chi connectivity index (χ1) is 10.5. The Labute approximate surface area is 132 Å². The molecule has 0 amide bonds. The fourth-order valence-electron chi connectivity index (χ4n) is 2.70. The minimum Gasteiger partial charge on any atom is -0.361 e. The lowest BCUT2D eigenvalue weighted by molar-refractivity contribution is 0.0899. The summed E-state index contributed by atoms with van der Waals surface area (Å²) in [4.78, 5) is 4.48. The summed E-state index contributed by atoms with van der Waals surface area (Å²) in [5.74, 6) is 0.545. The predicted octanol–water partition coefficient (Wildman–Crippen LogP) is 4.10. The SMILES string of the molecule is C[Si](C)(C)CCOCn1ccc2c(C3CC3)c(C#N)cnc21. The Hall–Kier alpha value is -1.64. The molecule has 0 spiro atoms. The highest BCUT2D eigenvalue weighted by molar-refractivity contribution is 6.76. The zero-order valence-electron chi connectivity index (χ0n) is 13.6. The van der Waals surface area contributed by atoms with Crippen LogP contribution in [0, 0.1) is 11.3 Å². The topological polar surface area (TPSA) is 50.8 Å². The van der Waals surface area contributed by atoms with Crippen molar-refractivity contribution >= 4 is 19.1 Å². The zero-order chi connectivity index (χ0) is 15.7. The van der Waals surface area contributed by atoms with Gasteiger partial charge in [0.2, 0.25) is 0 Å². The standard InChI is InChI=1S/C17H23N3OSi/c1-22(2,3)9-8-21-12-20-7-6-15-16(13-4-5-13)14(10-18)11-19-17(15)20/h6-7,11,13H,4-5,8-9,12H2,1-3H3. The van der Waals surface area contributed by atoms with Crippen molar-refractivity contribution in [3.63, 3.8) is 0 Å². The normalized spacial score (nSPS) is 15.2. The van der Waals surface area contributed by atoms with Crippen molar-refractivity contribution in [2.45, 2.75) is 51.2 Å². The summed E-state index contributed by atoms with van der Waals surface area (Å²) >= 11 is 0.